The first kappa shape index (κ1) is 23.9. The standard InChI is InChI=1S/C27H25ClN2O3S/c1-4-32-24-14-19(10-12-23(24)33-16-20-7-5-6-8-21(20)28)15-25-26(31)30-27(34-25)29-22-11-9-17(2)13-18(22)3/h5-15H,4,16H2,1-3H3,(H,29,30,31). The fourth-order valence-electron chi connectivity index (χ4n) is 3.45. The Labute approximate surface area is 208 Å². The normalized spacial score (nSPS) is 15.6. The van der Waals surface area contributed by atoms with E-state index < -0.39 is 0 Å². The lowest BCUT2D eigenvalue weighted by molar-refractivity contribution is -0.115. The molecule has 7 heteroatoms. The van der Waals surface area contributed by atoms with Crippen molar-refractivity contribution in [3.05, 3.63) is 92.8 Å². The van der Waals surface area contributed by atoms with Gasteiger partial charge in [0.15, 0.2) is 16.7 Å². The predicted octanol–water partition coefficient (Wildman–Crippen LogP) is 6.83. The van der Waals surface area contributed by atoms with Crippen molar-refractivity contribution in [2.45, 2.75) is 27.4 Å². The Balaban J connectivity index is 1.52. The second-order valence-electron chi connectivity index (χ2n) is 7.79. The number of ether oxygens (including phenoxy) is 2. The molecule has 34 heavy (non-hydrogen) atoms. The summed E-state index contributed by atoms with van der Waals surface area (Å²) in [5.74, 6) is 1.05. The quantitative estimate of drug-likeness (QED) is 0.367. The molecule has 1 saturated heterocycles. The van der Waals surface area contributed by atoms with E-state index in [1.54, 1.807) is 0 Å². The predicted molar refractivity (Wildman–Crippen MR) is 140 cm³/mol. The van der Waals surface area contributed by atoms with Crippen molar-refractivity contribution in [2.75, 3.05) is 6.61 Å². The van der Waals surface area contributed by atoms with E-state index in [1.807, 2.05) is 81.4 Å². The second-order valence-corrected chi connectivity index (χ2v) is 9.23. The zero-order valence-corrected chi connectivity index (χ0v) is 20.8. The van der Waals surface area contributed by atoms with Crippen LogP contribution in [0.3, 0.4) is 0 Å². The first-order valence-corrected chi connectivity index (χ1v) is 12.1. The molecule has 0 bridgehead atoms. The van der Waals surface area contributed by atoms with Crippen molar-refractivity contribution in [3.8, 4) is 11.5 Å². The van der Waals surface area contributed by atoms with Gasteiger partial charge in [0.25, 0.3) is 5.91 Å². The number of nitrogens with one attached hydrogen (secondary N) is 1. The van der Waals surface area contributed by atoms with Gasteiger partial charge in [-0.15, -0.1) is 0 Å². The number of carbonyl (C=O) groups excluding carboxylic acids is 1. The molecule has 5 nitrogen and oxygen atoms in total. The molecule has 0 radical (unpaired) electrons. The summed E-state index contributed by atoms with van der Waals surface area (Å²) < 4.78 is 11.8. The van der Waals surface area contributed by atoms with Gasteiger partial charge in [-0.25, -0.2) is 4.99 Å². The molecule has 1 aliphatic rings. The van der Waals surface area contributed by atoms with E-state index in [4.69, 9.17) is 21.1 Å². The highest BCUT2D eigenvalue weighted by molar-refractivity contribution is 8.18. The van der Waals surface area contributed by atoms with Crippen LogP contribution in [0.4, 0.5) is 5.69 Å². The number of hydrogen-bond acceptors (Lipinski definition) is 5. The van der Waals surface area contributed by atoms with Gasteiger partial charge in [-0.2, -0.15) is 0 Å². The smallest absolute Gasteiger partial charge is 0.264 e. The average Bonchev–Trinajstić information content (AvgIpc) is 3.15. The summed E-state index contributed by atoms with van der Waals surface area (Å²) in [5, 5.41) is 4.07. The van der Waals surface area contributed by atoms with Gasteiger partial charge in [0.2, 0.25) is 0 Å². The number of thioether (sulfide) groups is 1. The number of rotatable bonds is 7. The summed E-state index contributed by atoms with van der Waals surface area (Å²) in [4.78, 5) is 17.7. The number of aryl methyl sites for hydroxylation is 2. The van der Waals surface area contributed by atoms with Gasteiger partial charge in [0.1, 0.15) is 6.61 Å². The maximum Gasteiger partial charge on any atom is 0.264 e. The summed E-state index contributed by atoms with van der Waals surface area (Å²) in [6.07, 6.45) is 1.82. The molecule has 0 unspecified atom stereocenters. The van der Waals surface area contributed by atoms with Crippen molar-refractivity contribution in [1.82, 2.24) is 5.32 Å². The third kappa shape index (κ3) is 5.82. The van der Waals surface area contributed by atoms with Crippen molar-refractivity contribution < 1.29 is 14.3 Å². The molecule has 1 heterocycles. The minimum Gasteiger partial charge on any atom is -0.490 e. The third-order valence-electron chi connectivity index (χ3n) is 5.13. The molecule has 1 aliphatic heterocycles. The highest BCUT2D eigenvalue weighted by atomic mass is 35.5. The Kier molecular flexibility index (Phi) is 7.60. The maximum atomic E-state index is 12.5. The lowest BCUT2D eigenvalue weighted by Gasteiger charge is -2.13. The fourth-order valence-corrected chi connectivity index (χ4v) is 4.47. The molecule has 174 valence electrons. The number of aliphatic imine (C=N–C) groups is 1. The van der Waals surface area contributed by atoms with E-state index >= 15 is 0 Å². The van der Waals surface area contributed by atoms with Gasteiger partial charge < -0.3 is 14.8 Å². The van der Waals surface area contributed by atoms with E-state index in [2.05, 4.69) is 16.4 Å². The van der Waals surface area contributed by atoms with Gasteiger partial charge in [-0.3, -0.25) is 4.79 Å². The van der Waals surface area contributed by atoms with Crippen LogP contribution in [-0.4, -0.2) is 17.7 Å². The van der Waals surface area contributed by atoms with Gasteiger partial charge >= 0.3 is 0 Å². The highest BCUT2D eigenvalue weighted by Crippen LogP contribution is 2.33. The van der Waals surface area contributed by atoms with Crippen LogP contribution >= 0.6 is 23.4 Å². The average molecular weight is 493 g/mol. The van der Waals surface area contributed by atoms with E-state index in [0.29, 0.717) is 39.8 Å². The summed E-state index contributed by atoms with van der Waals surface area (Å²) in [6.45, 7) is 6.79. The van der Waals surface area contributed by atoms with Gasteiger partial charge in [-0.05, 0) is 74.0 Å². The lowest BCUT2D eigenvalue weighted by atomic mass is 10.1. The van der Waals surface area contributed by atoms with Gasteiger partial charge in [0.05, 0.1) is 17.2 Å². The van der Waals surface area contributed by atoms with Crippen molar-refractivity contribution >= 4 is 46.2 Å². The minimum atomic E-state index is -0.175. The van der Waals surface area contributed by atoms with Crippen LogP contribution in [0.2, 0.25) is 5.02 Å². The number of hydrogen-bond donors (Lipinski definition) is 1. The first-order chi connectivity index (χ1) is 16.4. The maximum absolute atomic E-state index is 12.5. The number of nitrogens with zero attached hydrogens (tertiary/aromatic N) is 1. The molecule has 0 aromatic heterocycles. The molecule has 3 aromatic rings. The second kappa shape index (κ2) is 10.8. The lowest BCUT2D eigenvalue weighted by Crippen LogP contribution is -2.19. The number of carbonyl (C=O) groups is 1. The summed E-state index contributed by atoms with van der Waals surface area (Å²) >= 11 is 7.55. The number of amides is 1. The Morgan fingerprint density at radius 3 is 2.62 bits per heavy atom. The Bertz CT molecular complexity index is 1290. The van der Waals surface area contributed by atoms with Crippen LogP contribution in [0.1, 0.15) is 29.2 Å². The number of halogens is 1. The first-order valence-electron chi connectivity index (χ1n) is 10.9. The van der Waals surface area contributed by atoms with Crippen LogP contribution in [-0.2, 0) is 11.4 Å². The van der Waals surface area contributed by atoms with E-state index in [0.717, 1.165) is 22.4 Å². The third-order valence-corrected chi connectivity index (χ3v) is 6.41. The molecule has 0 spiro atoms. The Morgan fingerprint density at radius 1 is 1.03 bits per heavy atom. The van der Waals surface area contributed by atoms with Crippen molar-refractivity contribution in [1.29, 1.82) is 0 Å². The molecule has 1 amide bonds. The van der Waals surface area contributed by atoms with Crippen LogP contribution in [0.25, 0.3) is 6.08 Å². The summed E-state index contributed by atoms with van der Waals surface area (Å²) in [5.41, 5.74) is 4.81. The Hall–Kier alpha value is -3.22. The highest BCUT2D eigenvalue weighted by Gasteiger charge is 2.24. The summed E-state index contributed by atoms with van der Waals surface area (Å²) in [6, 6.07) is 19.2. The van der Waals surface area contributed by atoms with Crippen LogP contribution in [0.5, 0.6) is 11.5 Å². The SMILES string of the molecule is CCOc1cc(C=C2SC(=Nc3ccc(C)cc3C)NC2=O)ccc1OCc1ccccc1Cl. The van der Waals surface area contributed by atoms with Crippen LogP contribution in [0, 0.1) is 13.8 Å². The van der Waals surface area contributed by atoms with E-state index in [9.17, 15) is 4.79 Å². The molecule has 0 aliphatic carbocycles. The molecular formula is C27H25ClN2O3S. The zero-order valence-electron chi connectivity index (χ0n) is 19.2. The van der Waals surface area contributed by atoms with Crippen molar-refractivity contribution in [3.63, 3.8) is 0 Å². The molecule has 1 N–H and O–H groups in total. The molecule has 0 atom stereocenters. The monoisotopic (exact) mass is 492 g/mol. The van der Waals surface area contributed by atoms with Crippen molar-refractivity contribution in [2.24, 2.45) is 4.99 Å². The summed E-state index contributed by atoms with van der Waals surface area (Å²) in [7, 11) is 0. The largest absolute Gasteiger partial charge is 0.490 e. The van der Waals surface area contributed by atoms with Crippen LogP contribution < -0.4 is 14.8 Å². The molecular weight excluding hydrogens is 468 g/mol. The molecule has 0 saturated carbocycles. The van der Waals surface area contributed by atoms with E-state index in [1.165, 1.54) is 17.3 Å². The zero-order chi connectivity index (χ0) is 24.1. The van der Waals surface area contributed by atoms with Gasteiger partial charge in [-0.1, -0.05) is 53.6 Å². The number of benzene rings is 3. The van der Waals surface area contributed by atoms with E-state index in [-0.39, 0.29) is 5.91 Å². The topological polar surface area (TPSA) is 59.9 Å². The van der Waals surface area contributed by atoms with Gasteiger partial charge in [0, 0.05) is 10.6 Å². The number of amidine groups is 1. The minimum absolute atomic E-state index is 0.175. The molecule has 4 rings (SSSR count). The fraction of sp³-hybridized carbons (Fsp3) is 0.185. The molecule has 3 aromatic carbocycles. The molecule has 1 fully saturated rings. The Morgan fingerprint density at radius 2 is 1.85 bits per heavy atom. The van der Waals surface area contributed by atoms with Crippen LogP contribution in [0.15, 0.2) is 70.6 Å².